The maximum atomic E-state index is 13.5. The number of imidazole rings is 1. The minimum Gasteiger partial charge on any atom is -0.369 e. The molecule has 2 aromatic rings. The van der Waals surface area contributed by atoms with E-state index in [-0.39, 0.29) is 5.82 Å². The molecule has 1 fully saturated rings. The standard InChI is InChI=1S/C13H16BrFN4/c1-18-4-2-8(3-5-18)19-12-6-9(14)10(15)7-11(12)17-13(19)16/h6-8H,2-5H2,1H3,(H2,16,17). The summed E-state index contributed by atoms with van der Waals surface area (Å²) in [6.45, 7) is 2.10. The summed E-state index contributed by atoms with van der Waals surface area (Å²) in [4.78, 5) is 6.58. The highest BCUT2D eigenvalue weighted by atomic mass is 79.9. The van der Waals surface area contributed by atoms with E-state index in [4.69, 9.17) is 5.73 Å². The fraction of sp³-hybridized carbons (Fsp3) is 0.462. The van der Waals surface area contributed by atoms with E-state index in [1.54, 1.807) is 6.07 Å². The highest BCUT2D eigenvalue weighted by Crippen LogP contribution is 2.31. The minimum atomic E-state index is -0.305. The number of likely N-dealkylation sites (tertiary alicyclic amines) is 1. The molecule has 0 bridgehead atoms. The molecular weight excluding hydrogens is 311 g/mol. The molecule has 2 N–H and O–H groups in total. The largest absolute Gasteiger partial charge is 0.369 e. The second-order valence-electron chi connectivity index (χ2n) is 5.13. The molecule has 0 aliphatic carbocycles. The van der Waals surface area contributed by atoms with E-state index in [0.717, 1.165) is 31.4 Å². The number of anilines is 1. The molecule has 4 nitrogen and oxygen atoms in total. The first-order valence-electron chi connectivity index (χ1n) is 6.37. The molecule has 19 heavy (non-hydrogen) atoms. The zero-order chi connectivity index (χ0) is 13.6. The average molecular weight is 327 g/mol. The van der Waals surface area contributed by atoms with Gasteiger partial charge in [0.1, 0.15) is 5.82 Å². The fourth-order valence-corrected chi connectivity index (χ4v) is 3.08. The average Bonchev–Trinajstić information content (AvgIpc) is 2.67. The first-order chi connectivity index (χ1) is 9.06. The molecule has 0 saturated carbocycles. The van der Waals surface area contributed by atoms with Crippen molar-refractivity contribution in [3.05, 3.63) is 22.4 Å². The monoisotopic (exact) mass is 326 g/mol. The second kappa shape index (κ2) is 4.76. The highest BCUT2D eigenvalue weighted by Gasteiger charge is 2.22. The van der Waals surface area contributed by atoms with Crippen LogP contribution in [0, 0.1) is 5.82 Å². The Morgan fingerprint density at radius 2 is 2.05 bits per heavy atom. The number of nitrogen functional groups attached to an aromatic ring is 1. The molecule has 1 aromatic heterocycles. The first-order valence-corrected chi connectivity index (χ1v) is 7.16. The molecule has 0 atom stereocenters. The van der Waals surface area contributed by atoms with Crippen molar-refractivity contribution in [1.82, 2.24) is 14.5 Å². The summed E-state index contributed by atoms with van der Waals surface area (Å²) < 4.78 is 16.0. The normalized spacial score (nSPS) is 18.3. The molecule has 102 valence electrons. The van der Waals surface area contributed by atoms with Gasteiger partial charge in [0, 0.05) is 12.1 Å². The lowest BCUT2D eigenvalue weighted by molar-refractivity contribution is 0.225. The van der Waals surface area contributed by atoms with Gasteiger partial charge in [0.15, 0.2) is 0 Å². The van der Waals surface area contributed by atoms with Crippen LogP contribution in [0.15, 0.2) is 16.6 Å². The van der Waals surface area contributed by atoms with Gasteiger partial charge in [0.05, 0.1) is 15.5 Å². The molecule has 3 rings (SSSR count). The van der Waals surface area contributed by atoms with Crippen LogP contribution in [0.1, 0.15) is 18.9 Å². The Hall–Kier alpha value is -1.14. The number of rotatable bonds is 1. The van der Waals surface area contributed by atoms with Gasteiger partial charge < -0.3 is 15.2 Å². The maximum absolute atomic E-state index is 13.5. The van der Waals surface area contributed by atoms with Crippen LogP contribution in [-0.2, 0) is 0 Å². The predicted molar refractivity (Wildman–Crippen MR) is 77.6 cm³/mol. The lowest BCUT2D eigenvalue weighted by Gasteiger charge is -2.30. The Labute approximate surface area is 119 Å². The molecule has 1 aliphatic rings. The second-order valence-corrected chi connectivity index (χ2v) is 5.98. The van der Waals surface area contributed by atoms with E-state index in [2.05, 4.69) is 32.9 Å². The highest BCUT2D eigenvalue weighted by molar-refractivity contribution is 9.10. The van der Waals surface area contributed by atoms with Gasteiger partial charge in [-0.05, 0) is 55.0 Å². The number of benzene rings is 1. The molecule has 1 aromatic carbocycles. The summed E-state index contributed by atoms with van der Waals surface area (Å²) in [5.74, 6) is 0.169. The number of hydrogen-bond acceptors (Lipinski definition) is 3. The van der Waals surface area contributed by atoms with Crippen molar-refractivity contribution < 1.29 is 4.39 Å². The van der Waals surface area contributed by atoms with Gasteiger partial charge in [-0.3, -0.25) is 0 Å². The van der Waals surface area contributed by atoms with Crippen LogP contribution in [0.2, 0.25) is 0 Å². The van der Waals surface area contributed by atoms with Crippen molar-refractivity contribution in [1.29, 1.82) is 0 Å². The summed E-state index contributed by atoms with van der Waals surface area (Å²) >= 11 is 3.23. The molecule has 0 radical (unpaired) electrons. The molecule has 0 amide bonds. The van der Waals surface area contributed by atoms with E-state index < -0.39 is 0 Å². The van der Waals surface area contributed by atoms with Crippen LogP contribution < -0.4 is 5.73 Å². The van der Waals surface area contributed by atoms with Crippen molar-refractivity contribution in [2.24, 2.45) is 0 Å². The number of halogens is 2. The number of piperidine rings is 1. The van der Waals surface area contributed by atoms with Gasteiger partial charge in [-0.2, -0.15) is 0 Å². The summed E-state index contributed by atoms with van der Waals surface area (Å²) in [5, 5.41) is 0. The number of aromatic nitrogens is 2. The zero-order valence-corrected chi connectivity index (χ0v) is 12.3. The Bertz CT molecular complexity index is 617. The molecule has 2 heterocycles. The number of hydrogen-bond donors (Lipinski definition) is 1. The Kier molecular flexibility index (Phi) is 3.22. The maximum Gasteiger partial charge on any atom is 0.201 e. The van der Waals surface area contributed by atoms with Crippen LogP contribution in [0.5, 0.6) is 0 Å². The van der Waals surface area contributed by atoms with Gasteiger partial charge in [0.2, 0.25) is 5.95 Å². The predicted octanol–water partition coefficient (Wildman–Crippen LogP) is 2.79. The zero-order valence-electron chi connectivity index (χ0n) is 10.7. The number of fused-ring (bicyclic) bond motifs is 1. The third-order valence-corrected chi connectivity index (χ3v) is 4.42. The lowest BCUT2D eigenvalue weighted by Crippen LogP contribution is -2.31. The van der Waals surface area contributed by atoms with Crippen LogP contribution in [0.4, 0.5) is 10.3 Å². The Morgan fingerprint density at radius 1 is 1.37 bits per heavy atom. The van der Waals surface area contributed by atoms with Crippen molar-refractivity contribution >= 4 is 32.9 Å². The van der Waals surface area contributed by atoms with Gasteiger partial charge in [-0.1, -0.05) is 0 Å². The summed E-state index contributed by atoms with van der Waals surface area (Å²) in [6, 6.07) is 3.55. The van der Waals surface area contributed by atoms with E-state index >= 15 is 0 Å². The molecule has 0 spiro atoms. The molecule has 1 saturated heterocycles. The molecular formula is C13H16BrFN4. The van der Waals surface area contributed by atoms with Gasteiger partial charge in [0.25, 0.3) is 0 Å². The van der Waals surface area contributed by atoms with E-state index in [1.165, 1.54) is 6.07 Å². The van der Waals surface area contributed by atoms with Crippen LogP contribution in [0.25, 0.3) is 11.0 Å². The van der Waals surface area contributed by atoms with Gasteiger partial charge >= 0.3 is 0 Å². The third-order valence-electron chi connectivity index (χ3n) is 3.81. The van der Waals surface area contributed by atoms with Gasteiger partial charge in [-0.25, -0.2) is 9.37 Å². The van der Waals surface area contributed by atoms with E-state index in [0.29, 0.717) is 22.0 Å². The topological polar surface area (TPSA) is 47.1 Å². The SMILES string of the molecule is CN1CCC(n2c(N)nc3cc(F)c(Br)cc32)CC1. The van der Waals surface area contributed by atoms with E-state index in [9.17, 15) is 4.39 Å². The minimum absolute atomic E-state index is 0.305. The quantitative estimate of drug-likeness (QED) is 0.876. The number of nitrogens with two attached hydrogens (primary N) is 1. The van der Waals surface area contributed by atoms with Crippen LogP contribution >= 0.6 is 15.9 Å². The van der Waals surface area contributed by atoms with Crippen molar-refractivity contribution in [3.8, 4) is 0 Å². The van der Waals surface area contributed by atoms with Crippen LogP contribution in [-0.4, -0.2) is 34.6 Å². The van der Waals surface area contributed by atoms with E-state index in [1.807, 2.05) is 4.57 Å². The fourth-order valence-electron chi connectivity index (χ4n) is 2.75. The lowest BCUT2D eigenvalue weighted by atomic mass is 10.1. The van der Waals surface area contributed by atoms with Gasteiger partial charge in [-0.15, -0.1) is 0 Å². The summed E-state index contributed by atoms with van der Waals surface area (Å²) in [7, 11) is 2.12. The van der Waals surface area contributed by atoms with Crippen molar-refractivity contribution in [3.63, 3.8) is 0 Å². The first kappa shape index (κ1) is 12.9. The summed E-state index contributed by atoms with van der Waals surface area (Å²) in [5.41, 5.74) is 7.54. The van der Waals surface area contributed by atoms with Crippen molar-refractivity contribution in [2.45, 2.75) is 18.9 Å². The molecule has 0 unspecified atom stereocenters. The smallest absolute Gasteiger partial charge is 0.201 e. The Morgan fingerprint density at radius 3 is 2.74 bits per heavy atom. The molecule has 1 aliphatic heterocycles. The van der Waals surface area contributed by atoms with Crippen molar-refractivity contribution in [2.75, 3.05) is 25.9 Å². The Balaban J connectivity index is 2.07. The number of nitrogens with zero attached hydrogens (tertiary/aromatic N) is 3. The van der Waals surface area contributed by atoms with Crippen LogP contribution in [0.3, 0.4) is 0 Å². The molecule has 6 heteroatoms. The third kappa shape index (κ3) is 2.23. The summed E-state index contributed by atoms with van der Waals surface area (Å²) in [6.07, 6.45) is 2.09.